The van der Waals surface area contributed by atoms with E-state index < -0.39 is 11.6 Å². The highest BCUT2D eigenvalue weighted by Crippen LogP contribution is 2.30. The van der Waals surface area contributed by atoms with Gasteiger partial charge in [0.2, 0.25) is 0 Å². The molecule has 0 aromatic carbocycles. The van der Waals surface area contributed by atoms with E-state index in [9.17, 15) is 14.7 Å². The zero-order valence-electron chi connectivity index (χ0n) is 22.1. The van der Waals surface area contributed by atoms with Crippen LogP contribution in [0.4, 0.5) is 0 Å². The molecule has 0 heterocycles. The van der Waals surface area contributed by atoms with E-state index in [1.807, 2.05) is 0 Å². The molecule has 2 unspecified atom stereocenters. The van der Waals surface area contributed by atoms with E-state index in [2.05, 4.69) is 45.9 Å². The van der Waals surface area contributed by atoms with Crippen molar-refractivity contribution in [1.82, 2.24) is 0 Å². The topological polar surface area (TPSA) is 80.4 Å². The van der Waals surface area contributed by atoms with Gasteiger partial charge in [-0.25, -0.2) is 0 Å². The molecule has 0 amide bonds. The Balaban J connectivity index is 2.59. The van der Waals surface area contributed by atoms with Crippen LogP contribution in [0.5, 0.6) is 0 Å². The summed E-state index contributed by atoms with van der Waals surface area (Å²) in [4.78, 5) is 25.1. The average Bonchev–Trinajstić information content (AvgIpc) is 2.70. The van der Waals surface area contributed by atoms with Crippen LogP contribution in [-0.4, -0.2) is 28.3 Å². The molecule has 0 aliphatic heterocycles. The molecule has 0 fully saturated rings. The smallest absolute Gasteiger partial charge is 0.187 e. The number of hydrogen-bond acceptors (Lipinski definition) is 4. The predicted octanol–water partition coefficient (Wildman–Crippen LogP) is 6.46. The number of carbonyl (C=O) groups excluding carboxylic acids is 2. The normalized spacial score (nSPS) is 18.6. The molecule has 3 N–H and O–H groups in total. The molecule has 4 heteroatoms. The van der Waals surface area contributed by atoms with Crippen molar-refractivity contribution in [2.75, 3.05) is 0 Å². The van der Waals surface area contributed by atoms with Crippen molar-refractivity contribution in [1.29, 1.82) is 0 Å². The van der Waals surface area contributed by atoms with E-state index in [0.717, 1.165) is 32.1 Å². The van der Waals surface area contributed by atoms with Gasteiger partial charge in [-0.1, -0.05) is 34.9 Å². The molecule has 0 saturated heterocycles. The van der Waals surface area contributed by atoms with E-state index in [0.29, 0.717) is 28.7 Å². The van der Waals surface area contributed by atoms with Crippen molar-refractivity contribution in [2.24, 2.45) is 5.73 Å². The molecule has 0 bridgehead atoms. The second kappa shape index (κ2) is 13.0. The third-order valence-corrected chi connectivity index (χ3v) is 6.56. The highest BCUT2D eigenvalue weighted by atomic mass is 16.3. The van der Waals surface area contributed by atoms with Gasteiger partial charge in [0, 0.05) is 28.3 Å². The summed E-state index contributed by atoms with van der Waals surface area (Å²) in [6, 6.07) is -0.663. The molecule has 0 aromatic rings. The molecule has 0 radical (unpaired) electrons. The van der Waals surface area contributed by atoms with Crippen LogP contribution in [0.15, 0.2) is 57.2 Å². The Kier molecular flexibility index (Phi) is 11.4. The van der Waals surface area contributed by atoms with Crippen molar-refractivity contribution in [3.63, 3.8) is 0 Å². The molecule has 1 aliphatic rings. The van der Waals surface area contributed by atoms with E-state index in [-0.39, 0.29) is 18.0 Å². The maximum absolute atomic E-state index is 12.7. The fourth-order valence-corrected chi connectivity index (χ4v) is 4.21. The van der Waals surface area contributed by atoms with E-state index in [1.165, 1.54) is 16.7 Å². The van der Waals surface area contributed by atoms with Gasteiger partial charge in [0.15, 0.2) is 11.6 Å². The number of Topliss-reactive ketones (excluding diaryl/α,β-unsaturated/α-hetero) is 2. The summed E-state index contributed by atoms with van der Waals surface area (Å²) in [7, 11) is 0. The third-order valence-electron chi connectivity index (χ3n) is 6.56. The molecule has 2 atom stereocenters. The van der Waals surface area contributed by atoms with Crippen LogP contribution in [0.1, 0.15) is 100 Å². The third kappa shape index (κ3) is 9.38. The van der Waals surface area contributed by atoms with Crippen molar-refractivity contribution >= 4 is 11.6 Å². The van der Waals surface area contributed by atoms with E-state index >= 15 is 0 Å². The van der Waals surface area contributed by atoms with Gasteiger partial charge in [-0.2, -0.15) is 0 Å². The molecule has 1 rings (SSSR count). The number of carbonyl (C=O) groups is 2. The molecule has 0 aromatic heterocycles. The zero-order chi connectivity index (χ0) is 25.3. The van der Waals surface area contributed by atoms with Crippen molar-refractivity contribution in [3.05, 3.63) is 57.2 Å². The minimum absolute atomic E-state index is 0.128. The Morgan fingerprint density at radius 1 is 0.848 bits per heavy atom. The van der Waals surface area contributed by atoms with Crippen LogP contribution in [-0.2, 0) is 9.59 Å². The quantitative estimate of drug-likeness (QED) is 0.261. The van der Waals surface area contributed by atoms with Gasteiger partial charge in [-0.15, -0.1) is 0 Å². The second-order valence-corrected chi connectivity index (χ2v) is 10.3. The Labute approximate surface area is 201 Å². The molecule has 184 valence electrons. The second-order valence-electron chi connectivity index (χ2n) is 10.3. The van der Waals surface area contributed by atoms with E-state index in [4.69, 9.17) is 5.73 Å². The highest BCUT2D eigenvalue weighted by molar-refractivity contribution is 6.25. The summed E-state index contributed by atoms with van der Waals surface area (Å²) in [5, 5.41) is 10.9. The average molecular weight is 456 g/mol. The number of ketones is 2. The number of hydrogen-bond donors (Lipinski definition) is 2. The standard InChI is InChI=1S/C29H45NO3/c1-19(2)12-9-13-20(3)14-10-15-21(4)16-11-17-29(8,33)18-25(30)26-24(7)27(31)22(5)23(6)28(26)32/h12,14,16,25,33H,9-11,13,15,17-18,30H2,1-8H3/b20-14+,21-16+. The lowest BCUT2D eigenvalue weighted by Gasteiger charge is -2.29. The van der Waals surface area contributed by atoms with Crippen molar-refractivity contribution in [2.45, 2.75) is 112 Å². The number of allylic oxidation sites excluding steroid dienone is 9. The van der Waals surface area contributed by atoms with Gasteiger partial charge in [0.25, 0.3) is 0 Å². The van der Waals surface area contributed by atoms with Crippen LogP contribution in [0.25, 0.3) is 0 Å². The number of aliphatic hydroxyl groups is 1. The summed E-state index contributed by atoms with van der Waals surface area (Å²) >= 11 is 0. The Bertz CT molecular complexity index is 890. The van der Waals surface area contributed by atoms with Gasteiger partial charge in [0.1, 0.15) is 0 Å². The minimum atomic E-state index is -1.02. The van der Waals surface area contributed by atoms with Crippen molar-refractivity contribution < 1.29 is 14.7 Å². The minimum Gasteiger partial charge on any atom is -0.390 e. The first-order valence-corrected chi connectivity index (χ1v) is 12.2. The highest BCUT2D eigenvalue weighted by Gasteiger charge is 2.34. The van der Waals surface area contributed by atoms with Gasteiger partial charge in [-0.3, -0.25) is 9.59 Å². The van der Waals surface area contributed by atoms with Gasteiger partial charge in [0.05, 0.1) is 5.60 Å². The Morgan fingerprint density at radius 3 is 1.88 bits per heavy atom. The zero-order valence-corrected chi connectivity index (χ0v) is 22.1. The van der Waals surface area contributed by atoms with Crippen LogP contribution in [0.2, 0.25) is 0 Å². The van der Waals surface area contributed by atoms with Gasteiger partial charge < -0.3 is 10.8 Å². The largest absolute Gasteiger partial charge is 0.390 e. The lowest BCUT2D eigenvalue weighted by atomic mass is 9.79. The molecular formula is C29H45NO3. The maximum Gasteiger partial charge on any atom is 0.187 e. The summed E-state index contributed by atoms with van der Waals surface area (Å²) in [5.74, 6) is -0.301. The molecule has 0 spiro atoms. The van der Waals surface area contributed by atoms with Crippen molar-refractivity contribution in [3.8, 4) is 0 Å². The SMILES string of the molecule is CC(C)=CCC/C(C)=C/CC/C(C)=C/CCC(C)(O)CC(N)C1=C(C)C(=O)C(C)=C(C)C1=O. The van der Waals surface area contributed by atoms with E-state index in [1.54, 1.807) is 27.7 Å². The van der Waals surface area contributed by atoms with Crippen LogP contribution >= 0.6 is 0 Å². The first-order valence-electron chi connectivity index (χ1n) is 12.2. The lowest BCUT2D eigenvalue weighted by molar-refractivity contribution is -0.116. The number of nitrogens with two attached hydrogens (primary N) is 1. The van der Waals surface area contributed by atoms with Gasteiger partial charge >= 0.3 is 0 Å². The Morgan fingerprint density at radius 2 is 1.33 bits per heavy atom. The van der Waals surface area contributed by atoms with Crippen LogP contribution in [0, 0.1) is 0 Å². The maximum atomic E-state index is 12.7. The lowest BCUT2D eigenvalue weighted by Crippen LogP contribution is -2.40. The number of rotatable bonds is 12. The molecular weight excluding hydrogens is 410 g/mol. The Hall–Kier alpha value is -2.04. The first kappa shape index (κ1) is 29.0. The molecule has 33 heavy (non-hydrogen) atoms. The fourth-order valence-electron chi connectivity index (χ4n) is 4.21. The fraction of sp³-hybridized carbons (Fsp3) is 0.586. The summed E-state index contributed by atoms with van der Waals surface area (Å²) in [5.41, 5.74) is 11.1. The molecule has 4 nitrogen and oxygen atoms in total. The monoisotopic (exact) mass is 455 g/mol. The predicted molar refractivity (Wildman–Crippen MR) is 139 cm³/mol. The first-order chi connectivity index (χ1) is 15.3. The summed E-state index contributed by atoms with van der Waals surface area (Å²) in [6.45, 7) is 15.3. The molecule has 0 saturated carbocycles. The van der Waals surface area contributed by atoms with Gasteiger partial charge in [-0.05, 0) is 100 Å². The van der Waals surface area contributed by atoms with Crippen LogP contribution < -0.4 is 5.73 Å². The molecule has 1 aliphatic carbocycles. The summed E-state index contributed by atoms with van der Waals surface area (Å²) in [6.07, 6.45) is 12.6. The van der Waals surface area contributed by atoms with Crippen LogP contribution in [0.3, 0.4) is 0 Å². The summed E-state index contributed by atoms with van der Waals surface area (Å²) < 4.78 is 0.